The molecule has 0 aliphatic rings. The highest BCUT2D eigenvalue weighted by Crippen LogP contribution is 1.81. The van der Waals surface area contributed by atoms with Gasteiger partial charge in [0.25, 0.3) is 0 Å². The monoisotopic (exact) mass is 260 g/mol. The van der Waals surface area contributed by atoms with E-state index in [0.29, 0.717) is 0 Å². The van der Waals surface area contributed by atoms with Gasteiger partial charge in [-0.2, -0.15) is 0 Å². The van der Waals surface area contributed by atoms with E-state index in [9.17, 15) is 19.2 Å². The predicted octanol–water partition coefficient (Wildman–Crippen LogP) is 2.43. The van der Waals surface area contributed by atoms with Crippen LogP contribution < -0.4 is 0 Å². The van der Waals surface area contributed by atoms with Gasteiger partial charge >= 0.3 is 5.97 Å². The van der Waals surface area contributed by atoms with Gasteiger partial charge in [-0.1, -0.05) is 6.58 Å². The molecule has 0 amide bonds. The van der Waals surface area contributed by atoms with E-state index in [2.05, 4.69) is 6.58 Å². The van der Waals surface area contributed by atoms with Crippen LogP contribution in [0.15, 0.2) is 12.2 Å². The van der Waals surface area contributed by atoms with Crippen LogP contribution in [0.4, 0.5) is 0 Å². The molecule has 0 aromatic carbocycles. The summed E-state index contributed by atoms with van der Waals surface area (Å²) in [5.41, 5.74) is 0.176. The molecule has 0 aromatic rings. The van der Waals surface area contributed by atoms with E-state index in [1.54, 1.807) is 0 Å². The molecular formula is C13H24O5. The molecule has 18 heavy (non-hydrogen) atoms. The van der Waals surface area contributed by atoms with Crippen molar-refractivity contribution in [2.75, 3.05) is 0 Å². The van der Waals surface area contributed by atoms with Crippen LogP contribution in [-0.2, 0) is 19.2 Å². The lowest BCUT2D eigenvalue weighted by atomic mass is 10.4. The van der Waals surface area contributed by atoms with Crippen molar-refractivity contribution >= 4 is 23.3 Å². The van der Waals surface area contributed by atoms with Gasteiger partial charge < -0.3 is 19.5 Å². The second-order valence-electron chi connectivity index (χ2n) is 3.81. The maximum atomic E-state index is 9.60. The minimum atomic E-state index is -0.935. The molecular weight excluding hydrogens is 236 g/mol. The molecule has 0 spiro atoms. The first kappa shape index (κ1) is 25.2. The van der Waals surface area contributed by atoms with Crippen molar-refractivity contribution in [2.45, 2.75) is 48.5 Å². The number of ketones is 3. The highest BCUT2D eigenvalue weighted by atomic mass is 16.4. The Bertz CT molecular complexity index is 237. The molecule has 1 N–H and O–H groups in total. The molecule has 0 atom stereocenters. The van der Waals surface area contributed by atoms with Crippen LogP contribution in [0.3, 0.4) is 0 Å². The summed E-state index contributed by atoms with van der Waals surface area (Å²) in [6.07, 6.45) is 0. The van der Waals surface area contributed by atoms with Crippen LogP contribution in [-0.4, -0.2) is 28.4 Å². The van der Waals surface area contributed by atoms with E-state index < -0.39 is 5.97 Å². The Morgan fingerprint density at radius 2 is 0.722 bits per heavy atom. The number of hydrogen-bond acceptors (Lipinski definition) is 4. The quantitative estimate of drug-likeness (QED) is 0.731. The average molecular weight is 260 g/mol. The first-order valence-electron chi connectivity index (χ1n) is 5.14. The maximum absolute atomic E-state index is 9.60. The van der Waals surface area contributed by atoms with E-state index in [0.717, 1.165) is 0 Å². The molecule has 0 unspecified atom stereocenters. The van der Waals surface area contributed by atoms with Gasteiger partial charge in [0.15, 0.2) is 0 Å². The van der Waals surface area contributed by atoms with Crippen LogP contribution in [0.5, 0.6) is 0 Å². The summed E-state index contributed by atoms with van der Waals surface area (Å²) in [5.74, 6) is -0.435. The van der Waals surface area contributed by atoms with E-state index in [1.165, 1.54) is 48.5 Å². The summed E-state index contributed by atoms with van der Waals surface area (Å²) < 4.78 is 0. The van der Waals surface area contributed by atoms with Crippen LogP contribution in [0.2, 0.25) is 0 Å². The largest absolute Gasteiger partial charge is 0.478 e. The van der Waals surface area contributed by atoms with Crippen LogP contribution in [0.1, 0.15) is 48.5 Å². The van der Waals surface area contributed by atoms with Gasteiger partial charge in [0, 0.05) is 5.57 Å². The molecule has 0 aromatic heterocycles. The third-order valence-electron chi connectivity index (χ3n) is 0.365. The fourth-order valence-corrected chi connectivity index (χ4v) is 0. The molecule has 0 fully saturated rings. The molecule has 106 valence electrons. The molecule has 0 saturated heterocycles. The second-order valence-corrected chi connectivity index (χ2v) is 3.81. The van der Waals surface area contributed by atoms with Crippen molar-refractivity contribution in [1.29, 1.82) is 0 Å². The number of aliphatic carboxylic acids is 1. The fourth-order valence-electron chi connectivity index (χ4n) is 0. The summed E-state index contributed by atoms with van der Waals surface area (Å²) in [7, 11) is 0. The number of carbonyl (C=O) groups is 4. The molecule has 5 nitrogen and oxygen atoms in total. The van der Waals surface area contributed by atoms with Crippen molar-refractivity contribution in [1.82, 2.24) is 0 Å². The Labute approximate surface area is 109 Å². The molecule has 0 radical (unpaired) electrons. The summed E-state index contributed by atoms with van der Waals surface area (Å²) in [6.45, 7) is 13.8. The molecule has 0 heterocycles. The summed E-state index contributed by atoms with van der Waals surface area (Å²) in [5, 5.41) is 7.89. The number of carboxylic acid groups (broad SMARTS) is 1. The third kappa shape index (κ3) is 504. The van der Waals surface area contributed by atoms with Gasteiger partial charge in [-0.3, -0.25) is 0 Å². The SMILES string of the molecule is C=C(C)C(=O)O.CC(C)=O.CC(C)=O.CC(C)=O. The zero-order valence-electron chi connectivity index (χ0n) is 12.3. The van der Waals surface area contributed by atoms with E-state index in [-0.39, 0.29) is 22.9 Å². The van der Waals surface area contributed by atoms with Gasteiger partial charge in [-0.15, -0.1) is 0 Å². The number of rotatable bonds is 1. The van der Waals surface area contributed by atoms with E-state index in [4.69, 9.17) is 5.11 Å². The molecule has 0 aliphatic heterocycles. The van der Waals surface area contributed by atoms with Crippen molar-refractivity contribution < 1.29 is 24.3 Å². The first-order valence-corrected chi connectivity index (χ1v) is 5.14. The van der Waals surface area contributed by atoms with E-state index in [1.807, 2.05) is 0 Å². The lowest BCUT2D eigenvalue weighted by Gasteiger charge is -1.79. The zero-order valence-corrected chi connectivity index (χ0v) is 12.3. The summed E-state index contributed by atoms with van der Waals surface area (Å²) in [4.78, 5) is 37.9. The Morgan fingerprint density at radius 3 is 0.722 bits per heavy atom. The lowest BCUT2D eigenvalue weighted by molar-refractivity contribution is -0.132. The molecule has 0 rings (SSSR count). The van der Waals surface area contributed by atoms with Crippen LogP contribution >= 0.6 is 0 Å². The number of Topliss-reactive ketones (excluding diaryl/α,β-unsaturated/α-hetero) is 3. The predicted molar refractivity (Wildman–Crippen MR) is 71.5 cm³/mol. The van der Waals surface area contributed by atoms with Gasteiger partial charge in [-0.25, -0.2) is 4.79 Å². The lowest BCUT2D eigenvalue weighted by Crippen LogP contribution is -1.92. The number of hydrogen-bond donors (Lipinski definition) is 1. The Kier molecular flexibility index (Phi) is 24.6. The minimum absolute atomic E-state index is 0.167. The normalized spacial score (nSPS) is 6.83. The van der Waals surface area contributed by atoms with Gasteiger partial charge in [0.2, 0.25) is 0 Å². The molecule has 0 bridgehead atoms. The first-order chi connectivity index (χ1) is 7.84. The Morgan fingerprint density at radius 1 is 0.667 bits per heavy atom. The highest BCUT2D eigenvalue weighted by Gasteiger charge is 1.90. The number of carboxylic acids is 1. The third-order valence-corrected chi connectivity index (χ3v) is 0.365. The topological polar surface area (TPSA) is 88.5 Å². The summed E-state index contributed by atoms with van der Waals surface area (Å²) in [6, 6.07) is 0. The van der Waals surface area contributed by atoms with Gasteiger partial charge in [-0.05, 0) is 48.5 Å². The van der Waals surface area contributed by atoms with Gasteiger partial charge in [0.05, 0.1) is 0 Å². The molecule has 0 saturated carbocycles. The minimum Gasteiger partial charge on any atom is -0.478 e. The van der Waals surface area contributed by atoms with E-state index >= 15 is 0 Å². The smallest absolute Gasteiger partial charge is 0.330 e. The Hall–Kier alpha value is -1.78. The standard InChI is InChI=1S/C4H6O2.3C3H6O/c1-3(2)4(5)6;3*1-3(2)4/h1H2,2H3,(H,5,6);3*1-2H3. The fraction of sp³-hybridized carbons (Fsp3) is 0.538. The highest BCUT2D eigenvalue weighted by molar-refractivity contribution is 5.84. The summed E-state index contributed by atoms with van der Waals surface area (Å²) >= 11 is 0. The van der Waals surface area contributed by atoms with Crippen LogP contribution in [0.25, 0.3) is 0 Å². The zero-order chi connectivity index (χ0) is 15.9. The van der Waals surface area contributed by atoms with Crippen molar-refractivity contribution in [2.24, 2.45) is 0 Å². The molecule has 0 aliphatic carbocycles. The maximum Gasteiger partial charge on any atom is 0.330 e. The van der Waals surface area contributed by atoms with Crippen molar-refractivity contribution in [3.8, 4) is 0 Å². The average Bonchev–Trinajstić information content (AvgIpc) is 1.99. The van der Waals surface area contributed by atoms with Crippen molar-refractivity contribution in [3.63, 3.8) is 0 Å². The van der Waals surface area contributed by atoms with Crippen molar-refractivity contribution in [3.05, 3.63) is 12.2 Å². The van der Waals surface area contributed by atoms with Gasteiger partial charge in [0.1, 0.15) is 17.3 Å². The van der Waals surface area contributed by atoms with Crippen LogP contribution in [0, 0.1) is 0 Å². The number of carbonyl (C=O) groups excluding carboxylic acids is 3. The second kappa shape index (κ2) is 17.6. The Balaban J connectivity index is -0.0000000742. The molecule has 5 heteroatoms.